The first-order valence-corrected chi connectivity index (χ1v) is 5.17. The molecule has 1 aliphatic rings. The van der Waals surface area contributed by atoms with Crippen LogP contribution < -0.4 is 9.47 Å². The fourth-order valence-electron chi connectivity index (χ4n) is 1.47. The van der Waals surface area contributed by atoms with Gasteiger partial charge < -0.3 is 9.47 Å². The van der Waals surface area contributed by atoms with Crippen LogP contribution in [0.4, 0.5) is 0 Å². The van der Waals surface area contributed by atoms with Crippen molar-refractivity contribution in [2.45, 2.75) is 13.3 Å². The minimum Gasteiger partial charge on any atom is -0.490 e. The number of fused-ring (bicyclic) bond motifs is 1. The third kappa shape index (κ3) is 1.92. The van der Waals surface area contributed by atoms with Gasteiger partial charge in [-0.25, -0.2) is 0 Å². The van der Waals surface area contributed by atoms with Crippen molar-refractivity contribution >= 4 is 17.4 Å². The van der Waals surface area contributed by atoms with Crippen LogP contribution >= 0.6 is 11.6 Å². The molecular formula is C11H11ClO3. The third-order valence-corrected chi connectivity index (χ3v) is 2.61. The molecular weight excluding hydrogens is 216 g/mol. The van der Waals surface area contributed by atoms with Gasteiger partial charge in [-0.3, -0.25) is 4.79 Å². The summed E-state index contributed by atoms with van der Waals surface area (Å²) >= 11 is 6.07. The molecule has 3 nitrogen and oxygen atoms in total. The van der Waals surface area contributed by atoms with E-state index in [1.165, 1.54) is 6.92 Å². The summed E-state index contributed by atoms with van der Waals surface area (Å²) < 4.78 is 10.9. The normalized spacial score (nSPS) is 14.5. The van der Waals surface area contributed by atoms with Crippen LogP contribution in [0.25, 0.3) is 0 Å². The van der Waals surface area contributed by atoms with Crippen molar-refractivity contribution in [3.8, 4) is 11.5 Å². The second-order valence-electron chi connectivity index (χ2n) is 3.36. The van der Waals surface area contributed by atoms with E-state index in [1.807, 2.05) is 0 Å². The second-order valence-corrected chi connectivity index (χ2v) is 3.74. The van der Waals surface area contributed by atoms with Crippen LogP contribution in [-0.2, 0) is 0 Å². The van der Waals surface area contributed by atoms with Crippen molar-refractivity contribution in [2.75, 3.05) is 13.2 Å². The van der Waals surface area contributed by atoms with Gasteiger partial charge in [-0.05, 0) is 19.1 Å². The lowest BCUT2D eigenvalue weighted by Crippen LogP contribution is -1.99. The maximum Gasteiger partial charge on any atom is 0.180 e. The molecule has 1 aromatic carbocycles. The zero-order valence-corrected chi connectivity index (χ0v) is 9.13. The molecule has 2 rings (SSSR count). The molecule has 0 radical (unpaired) electrons. The fourth-order valence-corrected chi connectivity index (χ4v) is 1.82. The molecule has 0 aliphatic carbocycles. The van der Waals surface area contributed by atoms with Crippen molar-refractivity contribution < 1.29 is 14.3 Å². The molecule has 0 saturated carbocycles. The number of ether oxygens (including phenoxy) is 2. The predicted molar refractivity (Wildman–Crippen MR) is 57.1 cm³/mol. The number of benzene rings is 1. The average molecular weight is 227 g/mol. The van der Waals surface area contributed by atoms with Gasteiger partial charge in [0.05, 0.1) is 18.2 Å². The lowest BCUT2D eigenvalue weighted by Gasteiger charge is -2.10. The second kappa shape index (κ2) is 4.11. The van der Waals surface area contributed by atoms with Gasteiger partial charge in [0.25, 0.3) is 0 Å². The number of Topliss-reactive ketones (excluding diaryl/α,β-unsaturated/α-hetero) is 1. The number of halogens is 1. The highest BCUT2D eigenvalue weighted by Crippen LogP contribution is 2.39. The first-order chi connectivity index (χ1) is 7.20. The number of carbonyl (C=O) groups is 1. The minimum atomic E-state index is -0.0735. The highest BCUT2D eigenvalue weighted by atomic mass is 35.5. The molecule has 0 unspecified atom stereocenters. The van der Waals surface area contributed by atoms with E-state index in [-0.39, 0.29) is 5.78 Å². The Morgan fingerprint density at radius 1 is 1.33 bits per heavy atom. The number of ketones is 1. The minimum absolute atomic E-state index is 0.0735. The van der Waals surface area contributed by atoms with E-state index in [2.05, 4.69) is 0 Å². The van der Waals surface area contributed by atoms with Crippen LogP contribution in [0, 0.1) is 0 Å². The molecule has 0 amide bonds. The Kier molecular flexibility index (Phi) is 2.82. The number of hydrogen-bond acceptors (Lipinski definition) is 3. The van der Waals surface area contributed by atoms with Gasteiger partial charge in [-0.2, -0.15) is 0 Å². The molecule has 0 atom stereocenters. The van der Waals surface area contributed by atoms with Crippen molar-refractivity contribution in [3.63, 3.8) is 0 Å². The average Bonchev–Trinajstić information content (AvgIpc) is 2.43. The topological polar surface area (TPSA) is 35.5 Å². The van der Waals surface area contributed by atoms with Gasteiger partial charge in [-0.1, -0.05) is 11.6 Å². The van der Waals surface area contributed by atoms with E-state index < -0.39 is 0 Å². The maximum absolute atomic E-state index is 11.3. The third-order valence-electron chi connectivity index (χ3n) is 2.23. The van der Waals surface area contributed by atoms with Gasteiger partial charge in [0.2, 0.25) is 0 Å². The van der Waals surface area contributed by atoms with E-state index >= 15 is 0 Å². The molecule has 80 valence electrons. The van der Waals surface area contributed by atoms with E-state index in [1.54, 1.807) is 12.1 Å². The van der Waals surface area contributed by atoms with E-state index in [4.69, 9.17) is 21.1 Å². The van der Waals surface area contributed by atoms with Gasteiger partial charge in [0, 0.05) is 12.0 Å². The zero-order valence-electron chi connectivity index (χ0n) is 8.38. The predicted octanol–water partition coefficient (Wildman–Crippen LogP) is 2.70. The van der Waals surface area contributed by atoms with Crippen molar-refractivity contribution in [2.24, 2.45) is 0 Å². The molecule has 0 aromatic heterocycles. The Hall–Kier alpha value is -1.22. The summed E-state index contributed by atoms with van der Waals surface area (Å²) in [5.74, 6) is 1.03. The Morgan fingerprint density at radius 3 is 2.80 bits per heavy atom. The molecule has 0 N–H and O–H groups in total. The maximum atomic E-state index is 11.3. The van der Waals surface area contributed by atoms with Crippen molar-refractivity contribution in [3.05, 3.63) is 22.7 Å². The summed E-state index contributed by atoms with van der Waals surface area (Å²) in [7, 11) is 0. The Labute approximate surface area is 92.9 Å². The lowest BCUT2D eigenvalue weighted by molar-refractivity contribution is 0.101. The van der Waals surface area contributed by atoms with Gasteiger partial charge in [-0.15, -0.1) is 0 Å². The van der Waals surface area contributed by atoms with Gasteiger partial charge in [0.1, 0.15) is 0 Å². The smallest absolute Gasteiger partial charge is 0.180 e. The highest BCUT2D eigenvalue weighted by molar-refractivity contribution is 6.35. The van der Waals surface area contributed by atoms with Crippen LogP contribution in [-0.4, -0.2) is 19.0 Å². The lowest BCUT2D eigenvalue weighted by atomic mass is 10.1. The fraction of sp³-hybridized carbons (Fsp3) is 0.364. The Bertz CT molecular complexity index is 401. The monoisotopic (exact) mass is 226 g/mol. The molecule has 0 saturated heterocycles. The highest BCUT2D eigenvalue weighted by Gasteiger charge is 2.18. The summed E-state index contributed by atoms with van der Waals surface area (Å²) in [6, 6.07) is 3.39. The van der Waals surface area contributed by atoms with Gasteiger partial charge >= 0.3 is 0 Å². The first kappa shape index (κ1) is 10.3. The van der Waals surface area contributed by atoms with Crippen molar-refractivity contribution in [1.29, 1.82) is 0 Å². The molecule has 0 spiro atoms. The van der Waals surface area contributed by atoms with Crippen LogP contribution in [0.1, 0.15) is 23.7 Å². The molecule has 1 heterocycles. The standard InChI is InChI=1S/C11H11ClO3/c1-7(13)8-3-4-9-11(10(8)12)15-6-2-5-14-9/h3-4H,2,5-6H2,1H3. The van der Waals surface area contributed by atoms with Crippen LogP contribution in [0.2, 0.25) is 5.02 Å². The summed E-state index contributed by atoms with van der Waals surface area (Å²) in [4.78, 5) is 11.3. The molecule has 15 heavy (non-hydrogen) atoms. The largest absolute Gasteiger partial charge is 0.490 e. The van der Waals surface area contributed by atoms with Crippen LogP contribution in [0.3, 0.4) is 0 Å². The number of hydrogen-bond donors (Lipinski definition) is 0. The number of carbonyl (C=O) groups excluding carboxylic acids is 1. The zero-order chi connectivity index (χ0) is 10.8. The molecule has 1 aliphatic heterocycles. The summed E-state index contributed by atoms with van der Waals surface area (Å²) in [6.45, 7) is 2.65. The SMILES string of the molecule is CC(=O)c1ccc2c(c1Cl)OCCCO2. The van der Waals surface area contributed by atoms with Crippen molar-refractivity contribution in [1.82, 2.24) is 0 Å². The molecule has 0 bridgehead atoms. The summed E-state index contributed by atoms with van der Waals surface area (Å²) in [6.07, 6.45) is 0.820. The van der Waals surface area contributed by atoms with E-state index in [0.29, 0.717) is 35.3 Å². The van der Waals surface area contributed by atoms with Gasteiger partial charge in [0.15, 0.2) is 17.3 Å². The molecule has 1 aromatic rings. The summed E-state index contributed by atoms with van der Waals surface area (Å²) in [5.41, 5.74) is 0.473. The quantitative estimate of drug-likeness (QED) is 0.691. The van der Waals surface area contributed by atoms with Crippen LogP contribution in [0.15, 0.2) is 12.1 Å². The number of rotatable bonds is 1. The van der Waals surface area contributed by atoms with E-state index in [0.717, 1.165) is 6.42 Å². The Balaban J connectivity index is 2.50. The Morgan fingerprint density at radius 2 is 2.07 bits per heavy atom. The first-order valence-electron chi connectivity index (χ1n) is 4.79. The molecule has 4 heteroatoms. The van der Waals surface area contributed by atoms with Crippen LogP contribution in [0.5, 0.6) is 11.5 Å². The molecule has 0 fully saturated rings. The van der Waals surface area contributed by atoms with E-state index in [9.17, 15) is 4.79 Å². The summed E-state index contributed by atoms with van der Waals surface area (Å²) in [5, 5.41) is 0.349.